The molecule has 0 saturated carbocycles. The van der Waals surface area contributed by atoms with Crippen LogP contribution >= 0.6 is 0 Å². The van der Waals surface area contributed by atoms with Gasteiger partial charge in [-0.15, -0.1) is 11.0 Å². The Balaban J connectivity index is 1.81. The number of carbonyl (C=O) groups excluding carboxylic acids is 2. The average molecular weight is 405 g/mol. The Bertz CT molecular complexity index is 925. The smallest absolute Gasteiger partial charge is 0.329 e. The number of amides is 1. The zero-order chi connectivity index (χ0) is 20.3. The molecule has 1 aromatic rings. The lowest BCUT2D eigenvalue weighted by molar-refractivity contribution is -0.159. The maximum Gasteiger partial charge on any atom is 0.329 e. The van der Waals surface area contributed by atoms with E-state index in [1.54, 1.807) is 23.1 Å². The van der Waals surface area contributed by atoms with E-state index in [0.717, 1.165) is 12.8 Å². The number of carbonyl (C=O) groups is 2. The van der Waals surface area contributed by atoms with Crippen molar-refractivity contribution in [1.29, 1.82) is 0 Å². The molecule has 0 aromatic heterocycles. The van der Waals surface area contributed by atoms with Crippen molar-refractivity contribution < 1.29 is 22.7 Å². The standard InChI is InChI=1S/C19H23N3O5S/c1-3-11-20-18(23)13(2)27-19(24)15-9-6-7-12-22(15)17-14-8-4-5-10-16(14)28(25,26)21-17/h3-5,8,10,13,15H,1,6-7,9,11-12H2,2H3,(H,20,23)/t13-,15-/m0/s1. The fourth-order valence-corrected chi connectivity index (χ4v) is 4.57. The van der Waals surface area contributed by atoms with Crippen LogP contribution in [-0.4, -0.2) is 56.3 Å². The van der Waals surface area contributed by atoms with Crippen LogP contribution in [0.5, 0.6) is 0 Å². The summed E-state index contributed by atoms with van der Waals surface area (Å²) in [6.45, 7) is 5.78. The first-order valence-electron chi connectivity index (χ1n) is 9.15. The summed E-state index contributed by atoms with van der Waals surface area (Å²) in [4.78, 5) is 26.5. The van der Waals surface area contributed by atoms with Gasteiger partial charge in [0, 0.05) is 18.7 Å². The molecule has 9 heteroatoms. The van der Waals surface area contributed by atoms with E-state index in [-0.39, 0.29) is 17.3 Å². The molecule has 8 nitrogen and oxygen atoms in total. The van der Waals surface area contributed by atoms with E-state index in [9.17, 15) is 18.0 Å². The van der Waals surface area contributed by atoms with Crippen molar-refractivity contribution in [2.24, 2.45) is 4.40 Å². The fraction of sp³-hybridized carbons (Fsp3) is 0.421. The summed E-state index contributed by atoms with van der Waals surface area (Å²) in [6, 6.07) is 5.87. The van der Waals surface area contributed by atoms with Crippen molar-refractivity contribution >= 4 is 27.7 Å². The number of hydrogen-bond acceptors (Lipinski definition) is 6. The number of rotatable bonds is 5. The summed E-state index contributed by atoms with van der Waals surface area (Å²) in [5, 5.41) is 2.58. The Hall–Kier alpha value is -2.68. The summed E-state index contributed by atoms with van der Waals surface area (Å²) in [6.07, 6.45) is 2.68. The van der Waals surface area contributed by atoms with Crippen molar-refractivity contribution in [3.8, 4) is 0 Å². The van der Waals surface area contributed by atoms with Crippen molar-refractivity contribution in [2.45, 2.75) is 43.2 Å². The summed E-state index contributed by atoms with van der Waals surface area (Å²) in [7, 11) is -3.78. The van der Waals surface area contributed by atoms with Gasteiger partial charge in [-0.1, -0.05) is 18.2 Å². The lowest BCUT2D eigenvalue weighted by atomic mass is 10.0. The fourth-order valence-electron chi connectivity index (χ4n) is 3.35. The second-order valence-corrected chi connectivity index (χ2v) is 8.28. The Morgan fingerprint density at radius 1 is 1.39 bits per heavy atom. The van der Waals surface area contributed by atoms with Crippen LogP contribution in [-0.2, 0) is 24.3 Å². The number of likely N-dealkylation sites (tertiary alicyclic amines) is 1. The molecule has 2 aliphatic heterocycles. The summed E-state index contributed by atoms with van der Waals surface area (Å²) in [5.41, 5.74) is 0.485. The molecular weight excluding hydrogens is 382 g/mol. The van der Waals surface area contributed by atoms with Crippen LogP contribution in [0.4, 0.5) is 0 Å². The first-order valence-corrected chi connectivity index (χ1v) is 10.6. The van der Waals surface area contributed by atoms with E-state index in [1.807, 2.05) is 0 Å². The lowest BCUT2D eigenvalue weighted by Crippen LogP contribution is -2.50. The molecule has 1 saturated heterocycles. The van der Waals surface area contributed by atoms with Gasteiger partial charge in [0.1, 0.15) is 10.9 Å². The van der Waals surface area contributed by atoms with Gasteiger partial charge in [0.2, 0.25) is 0 Å². The molecule has 150 valence electrons. The molecule has 0 aliphatic carbocycles. The number of hydrogen-bond donors (Lipinski definition) is 1. The highest BCUT2D eigenvalue weighted by Gasteiger charge is 2.39. The van der Waals surface area contributed by atoms with Crippen molar-refractivity contribution in [1.82, 2.24) is 10.2 Å². The van der Waals surface area contributed by atoms with E-state index < -0.39 is 34.0 Å². The number of esters is 1. The number of sulfonamides is 1. The van der Waals surface area contributed by atoms with Gasteiger partial charge >= 0.3 is 5.97 Å². The molecule has 0 bridgehead atoms. The molecule has 0 unspecified atom stereocenters. The number of nitrogens with one attached hydrogen (secondary N) is 1. The first-order chi connectivity index (χ1) is 13.3. The Morgan fingerprint density at radius 3 is 2.89 bits per heavy atom. The van der Waals surface area contributed by atoms with Crippen LogP contribution in [0.25, 0.3) is 0 Å². The van der Waals surface area contributed by atoms with Crippen LogP contribution in [0.15, 0.2) is 46.2 Å². The monoisotopic (exact) mass is 405 g/mol. The second kappa shape index (κ2) is 8.14. The third-order valence-corrected chi connectivity index (χ3v) is 6.07. The molecule has 1 aromatic carbocycles. The van der Waals surface area contributed by atoms with E-state index >= 15 is 0 Å². The highest BCUT2D eigenvalue weighted by molar-refractivity contribution is 7.90. The minimum Gasteiger partial charge on any atom is -0.451 e. The molecular formula is C19H23N3O5S. The molecule has 2 aliphatic rings. The molecule has 1 N–H and O–H groups in total. The summed E-state index contributed by atoms with van der Waals surface area (Å²) >= 11 is 0. The first kappa shape index (κ1) is 20.1. The lowest BCUT2D eigenvalue weighted by Gasteiger charge is -2.35. The topological polar surface area (TPSA) is 105 Å². The Morgan fingerprint density at radius 2 is 2.14 bits per heavy atom. The Labute approximate surface area is 164 Å². The number of fused-ring (bicyclic) bond motifs is 1. The second-order valence-electron chi connectivity index (χ2n) is 6.70. The number of nitrogens with zero attached hydrogens (tertiary/aromatic N) is 2. The van der Waals surface area contributed by atoms with Gasteiger partial charge < -0.3 is 15.0 Å². The average Bonchev–Trinajstić information content (AvgIpc) is 2.97. The van der Waals surface area contributed by atoms with Crippen molar-refractivity contribution in [3.63, 3.8) is 0 Å². The largest absolute Gasteiger partial charge is 0.451 e. The van der Waals surface area contributed by atoms with Crippen molar-refractivity contribution in [2.75, 3.05) is 13.1 Å². The predicted molar refractivity (Wildman–Crippen MR) is 103 cm³/mol. The Kier molecular flexibility index (Phi) is 5.83. The number of piperidine rings is 1. The third kappa shape index (κ3) is 3.94. The van der Waals surface area contributed by atoms with Crippen LogP contribution in [0.3, 0.4) is 0 Å². The third-order valence-electron chi connectivity index (χ3n) is 4.74. The maximum absolute atomic E-state index is 12.8. The van der Waals surface area contributed by atoms with Gasteiger partial charge in [-0.25, -0.2) is 4.79 Å². The number of benzene rings is 1. The normalized spacial score (nSPS) is 21.2. The molecule has 1 fully saturated rings. The zero-order valence-electron chi connectivity index (χ0n) is 15.6. The van der Waals surface area contributed by atoms with Crippen LogP contribution < -0.4 is 5.32 Å². The van der Waals surface area contributed by atoms with Crippen LogP contribution in [0.1, 0.15) is 31.7 Å². The van der Waals surface area contributed by atoms with Gasteiger partial charge in [-0.3, -0.25) is 4.79 Å². The molecule has 0 radical (unpaired) electrons. The van der Waals surface area contributed by atoms with E-state index in [2.05, 4.69) is 16.3 Å². The molecule has 1 amide bonds. The summed E-state index contributed by atoms with van der Waals surface area (Å²) < 4.78 is 34.0. The van der Waals surface area contributed by atoms with Crippen molar-refractivity contribution in [3.05, 3.63) is 42.5 Å². The van der Waals surface area contributed by atoms with E-state index in [4.69, 9.17) is 4.74 Å². The van der Waals surface area contributed by atoms with Gasteiger partial charge in [-0.05, 0) is 38.3 Å². The summed E-state index contributed by atoms with van der Waals surface area (Å²) in [5.74, 6) is -0.715. The van der Waals surface area contributed by atoms with Gasteiger partial charge in [0.05, 0.1) is 0 Å². The molecule has 2 heterocycles. The van der Waals surface area contributed by atoms with Gasteiger partial charge in [0.15, 0.2) is 11.9 Å². The van der Waals surface area contributed by atoms with Crippen LogP contribution in [0, 0.1) is 0 Å². The zero-order valence-corrected chi connectivity index (χ0v) is 16.4. The minimum atomic E-state index is -3.78. The number of ether oxygens (including phenoxy) is 1. The molecule has 3 rings (SSSR count). The highest BCUT2D eigenvalue weighted by Crippen LogP contribution is 2.31. The predicted octanol–water partition coefficient (Wildman–Crippen LogP) is 1.22. The minimum absolute atomic E-state index is 0.139. The molecule has 2 atom stereocenters. The van der Waals surface area contributed by atoms with Crippen LogP contribution in [0.2, 0.25) is 0 Å². The highest BCUT2D eigenvalue weighted by atomic mass is 32.2. The molecule has 0 spiro atoms. The quantitative estimate of drug-likeness (QED) is 0.583. The SMILES string of the molecule is C=CCNC(=O)[C@H](C)OC(=O)[C@@H]1CCCCN1C1=NS(=O)(=O)c2ccccc21. The van der Waals surface area contributed by atoms with E-state index in [1.165, 1.54) is 19.1 Å². The maximum atomic E-state index is 12.8. The van der Waals surface area contributed by atoms with E-state index in [0.29, 0.717) is 18.5 Å². The number of amidine groups is 1. The molecule has 28 heavy (non-hydrogen) atoms. The van der Waals surface area contributed by atoms with Gasteiger partial charge in [0.25, 0.3) is 15.9 Å². The van der Waals surface area contributed by atoms with Gasteiger partial charge in [-0.2, -0.15) is 8.42 Å².